The van der Waals surface area contributed by atoms with E-state index in [0.29, 0.717) is 42.8 Å². The number of hydrogen-bond donors (Lipinski definition) is 1. The summed E-state index contributed by atoms with van der Waals surface area (Å²) in [6, 6.07) is 19.3. The van der Waals surface area contributed by atoms with Gasteiger partial charge in [-0.2, -0.15) is 10.2 Å². The zero-order valence-corrected chi connectivity index (χ0v) is 35.2. The fourth-order valence-corrected chi connectivity index (χ4v) is 6.95. The molecule has 0 unspecified atom stereocenters. The molecular formula is C38H38Br2Cl2N10O4. The molecule has 8 rings (SSSR count). The third-order valence-electron chi connectivity index (χ3n) is 8.47. The average Bonchev–Trinajstić information content (AvgIpc) is 3.79. The van der Waals surface area contributed by atoms with Crippen molar-refractivity contribution in [2.24, 2.45) is 0 Å². The Morgan fingerprint density at radius 3 is 1.86 bits per heavy atom. The van der Waals surface area contributed by atoms with E-state index in [1.165, 1.54) is 12.7 Å². The minimum absolute atomic E-state index is 0. The van der Waals surface area contributed by atoms with Crippen LogP contribution in [0.5, 0.6) is 0 Å². The van der Waals surface area contributed by atoms with Gasteiger partial charge in [-0.3, -0.25) is 0 Å². The number of rotatable bonds is 7. The van der Waals surface area contributed by atoms with E-state index in [1.807, 2.05) is 64.0 Å². The predicted octanol–water partition coefficient (Wildman–Crippen LogP) is 7.17. The van der Waals surface area contributed by atoms with Crippen LogP contribution in [0.15, 0.2) is 94.7 Å². The first kappa shape index (κ1) is 42.4. The number of hydrogen-bond acceptors (Lipinski definition) is 12. The van der Waals surface area contributed by atoms with Crippen LogP contribution in [0.3, 0.4) is 0 Å². The van der Waals surface area contributed by atoms with Gasteiger partial charge in [0.05, 0.1) is 36.0 Å². The number of aromatic nitrogens is 8. The van der Waals surface area contributed by atoms with E-state index in [4.69, 9.17) is 21.1 Å². The van der Waals surface area contributed by atoms with E-state index in [0.717, 1.165) is 74.6 Å². The molecule has 6 aromatic rings. The van der Waals surface area contributed by atoms with Crippen molar-refractivity contribution in [2.45, 2.75) is 39.8 Å². The first-order chi connectivity index (χ1) is 26.8. The summed E-state index contributed by atoms with van der Waals surface area (Å²) in [5.41, 5.74) is 6.57. The molecule has 0 saturated heterocycles. The predicted molar refractivity (Wildman–Crippen MR) is 221 cm³/mol. The highest BCUT2D eigenvalue weighted by Crippen LogP contribution is 2.29. The molecule has 0 radical (unpaired) electrons. The van der Waals surface area contributed by atoms with Gasteiger partial charge < -0.3 is 19.7 Å². The minimum Gasteiger partial charge on any atom is -0.461 e. The molecule has 18 heteroatoms. The van der Waals surface area contributed by atoms with Crippen LogP contribution < -0.4 is 10.2 Å². The van der Waals surface area contributed by atoms with Gasteiger partial charge in [0.1, 0.15) is 23.6 Å². The topological polar surface area (TPSA) is 155 Å². The first-order valence-corrected chi connectivity index (χ1v) is 19.4. The highest BCUT2D eigenvalue weighted by molar-refractivity contribution is 9.10. The molecule has 0 fully saturated rings. The van der Waals surface area contributed by atoms with Gasteiger partial charge in [0.25, 0.3) is 0 Å². The van der Waals surface area contributed by atoms with Crippen molar-refractivity contribution < 1.29 is 19.1 Å². The molecule has 0 saturated carbocycles. The van der Waals surface area contributed by atoms with Crippen LogP contribution in [0.1, 0.15) is 57.3 Å². The third-order valence-corrected chi connectivity index (χ3v) is 9.68. The Morgan fingerprint density at radius 2 is 1.36 bits per heavy atom. The fourth-order valence-electron chi connectivity index (χ4n) is 6.08. The molecule has 4 aromatic heterocycles. The summed E-state index contributed by atoms with van der Waals surface area (Å²) in [4.78, 5) is 42.3. The average molecular weight is 930 g/mol. The van der Waals surface area contributed by atoms with Crippen LogP contribution in [-0.4, -0.2) is 77.7 Å². The Kier molecular flexibility index (Phi) is 15.5. The number of carbonyl (C=O) groups is 2. The second-order valence-electron chi connectivity index (χ2n) is 12.0. The second kappa shape index (κ2) is 20.4. The summed E-state index contributed by atoms with van der Waals surface area (Å²) in [6.45, 7) is 7.13. The number of carbonyl (C=O) groups excluding carboxylic acids is 2. The van der Waals surface area contributed by atoms with E-state index in [2.05, 4.69) is 72.2 Å². The van der Waals surface area contributed by atoms with Gasteiger partial charge in [0.2, 0.25) is 0 Å². The number of anilines is 1. The zero-order valence-electron chi connectivity index (χ0n) is 30.4. The number of halogens is 4. The summed E-state index contributed by atoms with van der Waals surface area (Å²) >= 11 is 12.4. The molecule has 1 N–H and O–H groups in total. The van der Waals surface area contributed by atoms with E-state index >= 15 is 0 Å². The van der Waals surface area contributed by atoms with Crippen molar-refractivity contribution in [3.63, 3.8) is 0 Å². The molecule has 0 spiro atoms. The zero-order chi connectivity index (χ0) is 38.7. The maximum Gasteiger partial charge on any atom is 0.359 e. The first-order valence-electron chi connectivity index (χ1n) is 17.5. The monoisotopic (exact) mass is 926 g/mol. The number of fused-ring (bicyclic) bond motifs is 2. The van der Waals surface area contributed by atoms with Gasteiger partial charge in [0, 0.05) is 71.5 Å². The van der Waals surface area contributed by atoms with Gasteiger partial charge in [-0.25, -0.2) is 38.9 Å². The van der Waals surface area contributed by atoms with Crippen molar-refractivity contribution >= 4 is 73.6 Å². The third kappa shape index (κ3) is 10.4. The number of benzene rings is 2. The summed E-state index contributed by atoms with van der Waals surface area (Å²) in [6.07, 6.45) is 7.83. The lowest BCUT2D eigenvalue weighted by atomic mass is 10.0. The van der Waals surface area contributed by atoms with Crippen LogP contribution in [0.25, 0.3) is 11.4 Å². The summed E-state index contributed by atoms with van der Waals surface area (Å²) in [5.74, 6) is 0.0823. The lowest BCUT2D eigenvalue weighted by molar-refractivity contribution is 0.0508. The number of esters is 2. The SMILES string of the molecule is CCOC(=O)c1nn(-c2cccc(Br)c2)c2c1CN(c1ccncn1)CC2.CCOC(=O)c1nn(-c2cccc(Br)c2)c2c1CNCC2.Cl.Clc1ccncn1. The Hall–Kier alpha value is -4.74. The molecule has 14 nitrogen and oxygen atoms in total. The summed E-state index contributed by atoms with van der Waals surface area (Å²) in [5, 5.41) is 12.9. The van der Waals surface area contributed by atoms with Crippen LogP contribution in [-0.2, 0) is 35.4 Å². The molecule has 0 aliphatic carbocycles. The van der Waals surface area contributed by atoms with Gasteiger partial charge in [-0.1, -0.05) is 55.6 Å². The molecule has 56 heavy (non-hydrogen) atoms. The van der Waals surface area contributed by atoms with Crippen molar-refractivity contribution in [3.05, 3.63) is 134 Å². The number of nitrogens with one attached hydrogen (secondary N) is 1. The van der Waals surface area contributed by atoms with Crippen LogP contribution in [0, 0.1) is 0 Å². The van der Waals surface area contributed by atoms with Gasteiger partial charge in [-0.15, -0.1) is 12.4 Å². The Bertz CT molecular complexity index is 2240. The van der Waals surface area contributed by atoms with E-state index < -0.39 is 5.97 Å². The maximum atomic E-state index is 12.5. The Balaban J connectivity index is 0.000000183. The molecule has 0 atom stereocenters. The maximum absolute atomic E-state index is 12.5. The smallest absolute Gasteiger partial charge is 0.359 e. The van der Waals surface area contributed by atoms with Crippen molar-refractivity contribution in [1.29, 1.82) is 0 Å². The molecule has 292 valence electrons. The quantitative estimate of drug-likeness (QED) is 0.128. The van der Waals surface area contributed by atoms with E-state index in [-0.39, 0.29) is 18.4 Å². The van der Waals surface area contributed by atoms with Crippen molar-refractivity contribution in [1.82, 2.24) is 44.8 Å². The lowest BCUT2D eigenvalue weighted by Crippen LogP contribution is -2.32. The van der Waals surface area contributed by atoms with Crippen molar-refractivity contribution in [3.8, 4) is 11.4 Å². The van der Waals surface area contributed by atoms with Crippen molar-refractivity contribution in [2.75, 3.05) is 31.2 Å². The van der Waals surface area contributed by atoms with Crippen LogP contribution in [0.2, 0.25) is 5.15 Å². The fraction of sp³-hybridized carbons (Fsp3) is 0.263. The van der Waals surface area contributed by atoms with E-state index in [1.54, 1.807) is 32.3 Å². The normalized spacial score (nSPS) is 12.7. The second-order valence-corrected chi connectivity index (χ2v) is 14.2. The van der Waals surface area contributed by atoms with Crippen LogP contribution >= 0.6 is 55.9 Å². The standard InChI is InChI=1S/C19H18BrN5O2.C15H16BrN3O2.C4H3ClN2.ClH/c1-2-27-19(26)18-15-11-24(17-6-8-21-12-22-17)9-7-16(15)25(23-18)14-5-3-4-13(20)10-14;1-2-21-15(20)14-12-9-17-7-6-13(12)19(18-14)11-5-3-4-10(16)8-11;5-4-1-2-6-3-7-4;/h3-6,8,10,12H,2,7,9,11H2,1H3;3-5,8,17H,2,6-7,9H2,1H3;1-3H;1H. The summed E-state index contributed by atoms with van der Waals surface area (Å²) < 4.78 is 16.0. The van der Waals surface area contributed by atoms with Gasteiger partial charge >= 0.3 is 11.9 Å². The molecule has 6 heterocycles. The van der Waals surface area contributed by atoms with Gasteiger partial charge in [-0.05, 0) is 62.4 Å². The number of ether oxygens (including phenoxy) is 2. The molecular weight excluding hydrogens is 891 g/mol. The highest BCUT2D eigenvalue weighted by Gasteiger charge is 2.30. The summed E-state index contributed by atoms with van der Waals surface area (Å²) in [7, 11) is 0. The van der Waals surface area contributed by atoms with E-state index in [9.17, 15) is 9.59 Å². The molecule has 0 amide bonds. The largest absolute Gasteiger partial charge is 0.461 e. The highest BCUT2D eigenvalue weighted by atomic mass is 79.9. The number of nitrogens with zero attached hydrogens (tertiary/aromatic N) is 9. The molecule has 2 aliphatic rings. The van der Waals surface area contributed by atoms with Crippen LogP contribution in [0.4, 0.5) is 5.82 Å². The molecule has 2 aliphatic heterocycles. The minimum atomic E-state index is -0.396. The lowest BCUT2D eigenvalue weighted by Gasteiger charge is -2.28. The molecule has 2 aromatic carbocycles. The molecule has 0 bridgehead atoms. The van der Waals surface area contributed by atoms with Gasteiger partial charge in [0.15, 0.2) is 11.4 Å². The Morgan fingerprint density at radius 1 is 0.786 bits per heavy atom. The Labute approximate surface area is 351 Å².